The number of nitrogens with two attached hydrogens (primary N) is 1. The van der Waals surface area contributed by atoms with Gasteiger partial charge < -0.3 is 5.73 Å². The highest BCUT2D eigenvalue weighted by atomic mass is 15.2. The van der Waals surface area contributed by atoms with Crippen molar-refractivity contribution in [3.63, 3.8) is 0 Å². The van der Waals surface area contributed by atoms with Gasteiger partial charge in [0, 0.05) is 18.6 Å². The molecule has 0 bridgehead atoms. The molecule has 0 aliphatic heterocycles. The fourth-order valence-corrected chi connectivity index (χ4v) is 3.10. The topological polar surface area (TPSA) is 29.3 Å². The summed E-state index contributed by atoms with van der Waals surface area (Å²) in [6.45, 7) is 5.17. The van der Waals surface area contributed by atoms with Crippen molar-refractivity contribution in [3.8, 4) is 0 Å². The average Bonchev–Trinajstić information content (AvgIpc) is 2.87. The molecule has 2 nitrogen and oxygen atoms in total. The smallest absolute Gasteiger partial charge is 0.0335 e. The lowest BCUT2D eigenvalue weighted by Crippen LogP contribution is -2.51. The lowest BCUT2D eigenvalue weighted by atomic mass is 9.94. The molecule has 1 fully saturated rings. The molecular weight excluding hydrogens is 208 g/mol. The minimum atomic E-state index is 0.268. The molecule has 0 radical (unpaired) electrons. The largest absolute Gasteiger partial charge is 0.329 e. The molecule has 94 valence electrons. The molecule has 2 N–H and O–H groups in total. The average molecular weight is 232 g/mol. The Kier molecular flexibility index (Phi) is 4.19. The van der Waals surface area contributed by atoms with Crippen LogP contribution in [-0.2, 0) is 6.54 Å². The van der Waals surface area contributed by atoms with Gasteiger partial charge in [-0.15, -0.1) is 0 Å². The Morgan fingerprint density at radius 1 is 1.18 bits per heavy atom. The Morgan fingerprint density at radius 3 is 2.35 bits per heavy atom. The standard InChI is InChI=1S/C15H24N2/c1-2-17(12-14-8-4-3-5-9-14)15(13-16)10-6-7-11-15/h3-5,8-9H,2,6-7,10-13,16H2,1H3. The molecule has 0 aromatic heterocycles. The third-order valence-electron chi connectivity index (χ3n) is 4.18. The molecule has 0 saturated heterocycles. The van der Waals surface area contributed by atoms with E-state index in [0.717, 1.165) is 19.6 Å². The summed E-state index contributed by atoms with van der Waals surface area (Å²) in [6.07, 6.45) is 5.21. The van der Waals surface area contributed by atoms with Gasteiger partial charge in [0.25, 0.3) is 0 Å². The SMILES string of the molecule is CCN(Cc1ccccc1)C1(CN)CCCC1. The van der Waals surface area contributed by atoms with Gasteiger partial charge >= 0.3 is 0 Å². The van der Waals surface area contributed by atoms with Crippen molar-refractivity contribution < 1.29 is 0 Å². The highest BCUT2D eigenvalue weighted by molar-refractivity contribution is 5.15. The van der Waals surface area contributed by atoms with Crippen molar-refractivity contribution >= 4 is 0 Å². The number of likely N-dealkylation sites (N-methyl/N-ethyl adjacent to an activating group) is 1. The van der Waals surface area contributed by atoms with Crippen LogP contribution in [0, 0.1) is 0 Å². The highest BCUT2D eigenvalue weighted by Gasteiger charge is 2.37. The van der Waals surface area contributed by atoms with Crippen molar-refractivity contribution in [2.75, 3.05) is 13.1 Å². The minimum Gasteiger partial charge on any atom is -0.329 e. The highest BCUT2D eigenvalue weighted by Crippen LogP contribution is 2.35. The van der Waals surface area contributed by atoms with Crippen LogP contribution in [0.1, 0.15) is 38.2 Å². The van der Waals surface area contributed by atoms with E-state index < -0.39 is 0 Å². The first-order valence-electron chi connectivity index (χ1n) is 6.80. The number of benzene rings is 1. The molecule has 17 heavy (non-hydrogen) atoms. The van der Waals surface area contributed by atoms with Crippen molar-refractivity contribution in [2.45, 2.75) is 44.7 Å². The van der Waals surface area contributed by atoms with Gasteiger partial charge in [0.2, 0.25) is 0 Å². The molecular formula is C15H24N2. The summed E-state index contributed by atoms with van der Waals surface area (Å²) < 4.78 is 0. The molecule has 1 saturated carbocycles. The number of nitrogens with zero attached hydrogens (tertiary/aromatic N) is 1. The second kappa shape index (κ2) is 5.65. The lowest BCUT2D eigenvalue weighted by molar-refractivity contribution is 0.0971. The third kappa shape index (κ3) is 2.70. The molecule has 1 aromatic carbocycles. The van der Waals surface area contributed by atoms with Crippen molar-refractivity contribution in [1.82, 2.24) is 4.90 Å². The number of hydrogen-bond donors (Lipinski definition) is 1. The van der Waals surface area contributed by atoms with Crippen LogP contribution >= 0.6 is 0 Å². The summed E-state index contributed by atoms with van der Waals surface area (Å²) >= 11 is 0. The van der Waals surface area contributed by atoms with E-state index in [2.05, 4.69) is 42.2 Å². The molecule has 0 amide bonds. The van der Waals surface area contributed by atoms with Crippen LogP contribution in [0.4, 0.5) is 0 Å². The molecule has 1 aliphatic carbocycles. The van der Waals surface area contributed by atoms with Crippen LogP contribution in [0.3, 0.4) is 0 Å². The van der Waals surface area contributed by atoms with Crippen LogP contribution in [-0.4, -0.2) is 23.5 Å². The fraction of sp³-hybridized carbons (Fsp3) is 0.600. The third-order valence-corrected chi connectivity index (χ3v) is 4.18. The maximum atomic E-state index is 6.06. The first kappa shape index (κ1) is 12.6. The van der Waals surface area contributed by atoms with Crippen molar-refractivity contribution in [3.05, 3.63) is 35.9 Å². The zero-order valence-corrected chi connectivity index (χ0v) is 10.9. The van der Waals surface area contributed by atoms with E-state index in [1.807, 2.05) is 0 Å². The first-order chi connectivity index (χ1) is 8.30. The summed E-state index contributed by atoms with van der Waals surface area (Å²) in [5.74, 6) is 0. The van der Waals surface area contributed by atoms with Crippen LogP contribution < -0.4 is 5.73 Å². The van der Waals surface area contributed by atoms with Crippen LogP contribution in [0.2, 0.25) is 0 Å². The Morgan fingerprint density at radius 2 is 1.82 bits per heavy atom. The van der Waals surface area contributed by atoms with E-state index in [-0.39, 0.29) is 5.54 Å². The molecule has 1 aliphatic rings. The molecule has 2 rings (SSSR count). The van der Waals surface area contributed by atoms with Crippen LogP contribution in [0.25, 0.3) is 0 Å². The van der Waals surface area contributed by atoms with E-state index in [4.69, 9.17) is 5.73 Å². The van der Waals surface area contributed by atoms with Crippen molar-refractivity contribution in [1.29, 1.82) is 0 Å². The maximum absolute atomic E-state index is 6.06. The Labute approximate surface area is 105 Å². The summed E-state index contributed by atoms with van der Waals surface area (Å²) in [7, 11) is 0. The zero-order chi connectivity index (χ0) is 12.1. The Bertz CT molecular complexity index is 328. The van der Waals surface area contributed by atoms with Crippen LogP contribution in [0.5, 0.6) is 0 Å². The monoisotopic (exact) mass is 232 g/mol. The molecule has 0 spiro atoms. The maximum Gasteiger partial charge on any atom is 0.0335 e. The minimum absolute atomic E-state index is 0.268. The zero-order valence-electron chi connectivity index (χ0n) is 10.9. The van der Waals surface area contributed by atoms with E-state index in [0.29, 0.717) is 0 Å². The second-order valence-corrected chi connectivity index (χ2v) is 5.14. The van der Waals surface area contributed by atoms with Crippen molar-refractivity contribution in [2.24, 2.45) is 5.73 Å². The molecule has 0 heterocycles. The van der Waals surface area contributed by atoms with Gasteiger partial charge in [-0.2, -0.15) is 0 Å². The molecule has 1 aromatic rings. The fourth-order valence-electron chi connectivity index (χ4n) is 3.10. The summed E-state index contributed by atoms with van der Waals surface area (Å²) in [4.78, 5) is 2.58. The van der Waals surface area contributed by atoms with Gasteiger partial charge in [-0.25, -0.2) is 0 Å². The molecule has 0 unspecified atom stereocenters. The number of rotatable bonds is 5. The Hall–Kier alpha value is -0.860. The van der Waals surface area contributed by atoms with E-state index >= 15 is 0 Å². The van der Waals surface area contributed by atoms with Gasteiger partial charge in [-0.3, -0.25) is 4.90 Å². The predicted molar refractivity (Wildman–Crippen MR) is 72.8 cm³/mol. The van der Waals surface area contributed by atoms with Gasteiger partial charge in [-0.1, -0.05) is 50.1 Å². The number of hydrogen-bond acceptors (Lipinski definition) is 2. The van der Waals surface area contributed by atoms with Gasteiger partial charge in [0.1, 0.15) is 0 Å². The van der Waals surface area contributed by atoms with E-state index in [1.54, 1.807) is 0 Å². The summed E-state index contributed by atoms with van der Waals surface area (Å²) in [5, 5.41) is 0. The predicted octanol–water partition coefficient (Wildman–Crippen LogP) is 2.78. The van der Waals surface area contributed by atoms with Gasteiger partial charge in [-0.05, 0) is 24.9 Å². The normalized spacial score (nSPS) is 18.8. The second-order valence-electron chi connectivity index (χ2n) is 5.14. The molecule has 0 atom stereocenters. The Balaban J connectivity index is 2.10. The van der Waals surface area contributed by atoms with Gasteiger partial charge in [0.15, 0.2) is 0 Å². The van der Waals surface area contributed by atoms with Gasteiger partial charge in [0.05, 0.1) is 0 Å². The molecule has 2 heteroatoms. The van der Waals surface area contributed by atoms with Crippen LogP contribution in [0.15, 0.2) is 30.3 Å². The van der Waals surface area contributed by atoms with E-state index in [9.17, 15) is 0 Å². The summed E-state index contributed by atoms with van der Waals surface area (Å²) in [6, 6.07) is 10.7. The van der Waals surface area contributed by atoms with E-state index in [1.165, 1.54) is 31.2 Å². The first-order valence-corrected chi connectivity index (χ1v) is 6.80. The lowest BCUT2D eigenvalue weighted by Gasteiger charge is -2.40. The summed E-state index contributed by atoms with van der Waals surface area (Å²) in [5.41, 5.74) is 7.72. The quantitative estimate of drug-likeness (QED) is 0.846.